The second kappa shape index (κ2) is 7.83. The van der Waals surface area contributed by atoms with Crippen LogP contribution in [0, 0.1) is 0 Å². The van der Waals surface area contributed by atoms with E-state index in [4.69, 9.17) is 23.2 Å². The van der Waals surface area contributed by atoms with Crippen molar-refractivity contribution in [3.8, 4) is 10.6 Å². The first-order valence-electron chi connectivity index (χ1n) is 7.91. The molecule has 4 nitrogen and oxygen atoms in total. The molecule has 1 aromatic heterocycles. The predicted molar refractivity (Wildman–Crippen MR) is 99.9 cm³/mol. The number of likely N-dealkylation sites (tertiary alicyclic amines) is 1. The van der Waals surface area contributed by atoms with Crippen LogP contribution in [-0.2, 0) is 11.2 Å². The van der Waals surface area contributed by atoms with Gasteiger partial charge in [0.2, 0.25) is 5.91 Å². The normalized spacial score (nSPS) is 18.0. The molecule has 0 radical (unpaired) electrons. The maximum absolute atomic E-state index is 12.5. The molecule has 3 rings (SSSR count). The molecular weight excluding hydrogens is 365 g/mol. The Balaban J connectivity index is 1.68. The quantitative estimate of drug-likeness (QED) is 0.871. The minimum atomic E-state index is 0.133. The van der Waals surface area contributed by atoms with Crippen LogP contribution < -0.4 is 5.32 Å². The lowest BCUT2D eigenvalue weighted by Crippen LogP contribution is -2.47. The molecule has 128 valence electrons. The molecule has 2 heterocycles. The average molecular weight is 384 g/mol. The summed E-state index contributed by atoms with van der Waals surface area (Å²) in [5.41, 5.74) is 1.63. The summed E-state index contributed by atoms with van der Waals surface area (Å²) in [6.45, 7) is 1.60. The number of amides is 1. The Hall–Kier alpha value is -1.14. The van der Waals surface area contributed by atoms with Crippen molar-refractivity contribution in [1.29, 1.82) is 0 Å². The van der Waals surface area contributed by atoms with E-state index in [1.807, 2.05) is 23.4 Å². The van der Waals surface area contributed by atoms with E-state index < -0.39 is 0 Å². The highest BCUT2D eigenvalue weighted by Gasteiger charge is 2.23. The van der Waals surface area contributed by atoms with Gasteiger partial charge in [0.1, 0.15) is 5.01 Å². The number of benzene rings is 1. The van der Waals surface area contributed by atoms with Crippen LogP contribution >= 0.6 is 34.5 Å². The van der Waals surface area contributed by atoms with Gasteiger partial charge >= 0.3 is 0 Å². The lowest BCUT2D eigenvalue weighted by atomic mass is 10.1. The highest BCUT2D eigenvalue weighted by atomic mass is 35.5. The van der Waals surface area contributed by atoms with Gasteiger partial charge in [-0.1, -0.05) is 23.2 Å². The van der Waals surface area contributed by atoms with Crippen LogP contribution in [0.15, 0.2) is 23.6 Å². The fraction of sp³-hybridized carbons (Fsp3) is 0.412. The monoisotopic (exact) mass is 383 g/mol. The summed E-state index contributed by atoms with van der Waals surface area (Å²) >= 11 is 13.7. The van der Waals surface area contributed by atoms with Gasteiger partial charge < -0.3 is 10.2 Å². The first-order valence-corrected chi connectivity index (χ1v) is 9.55. The predicted octanol–water partition coefficient (Wildman–Crippen LogP) is 3.87. The van der Waals surface area contributed by atoms with Crippen molar-refractivity contribution in [1.82, 2.24) is 15.2 Å². The van der Waals surface area contributed by atoms with E-state index in [1.165, 1.54) is 11.3 Å². The van der Waals surface area contributed by atoms with Crippen molar-refractivity contribution in [3.63, 3.8) is 0 Å². The average Bonchev–Trinajstić information content (AvgIpc) is 3.03. The largest absolute Gasteiger partial charge is 0.341 e. The highest BCUT2D eigenvalue weighted by molar-refractivity contribution is 7.13. The molecule has 1 atom stereocenters. The summed E-state index contributed by atoms with van der Waals surface area (Å²) in [7, 11) is 1.95. The number of carbonyl (C=O) groups is 1. The van der Waals surface area contributed by atoms with E-state index in [9.17, 15) is 4.79 Å². The van der Waals surface area contributed by atoms with E-state index in [0.29, 0.717) is 22.5 Å². The molecule has 1 aliphatic rings. The van der Waals surface area contributed by atoms with Crippen LogP contribution in [0.4, 0.5) is 0 Å². The lowest BCUT2D eigenvalue weighted by molar-refractivity contribution is -0.131. The van der Waals surface area contributed by atoms with Gasteiger partial charge in [0, 0.05) is 35.1 Å². The van der Waals surface area contributed by atoms with Crippen molar-refractivity contribution in [2.45, 2.75) is 25.3 Å². The van der Waals surface area contributed by atoms with Gasteiger partial charge in [-0.3, -0.25) is 4.79 Å². The summed E-state index contributed by atoms with van der Waals surface area (Å²) in [6, 6.07) is 5.75. The molecule has 0 aliphatic carbocycles. The van der Waals surface area contributed by atoms with Crippen molar-refractivity contribution in [2.24, 2.45) is 0 Å². The van der Waals surface area contributed by atoms with E-state index in [1.54, 1.807) is 12.1 Å². The minimum Gasteiger partial charge on any atom is -0.341 e. The first kappa shape index (κ1) is 17.7. The molecule has 1 N–H and O–H groups in total. The molecule has 1 unspecified atom stereocenters. The molecular formula is C17H19Cl2N3OS. The number of aromatic nitrogens is 1. The molecule has 1 aromatic carbocycles. The van der Waals surface area contributed by atoms with Gasteiger partial charge in [0.25, 0.3) is 0 Å². The minimum absolute atomic E-state index is 0.133. The third-order valence-electron chi connectivity index (χ3n) is 4.23. The van der Waals surface area contributed by atoms with Gasteiger partial charge in [-0.15, -0.1) is 11.3 Å². The Labute approximate surface area is 155 Å². The van der Waals surface area contributed by atoms with E-state index >= 15 is 0 Å². The second-order valence-electron chi connectivity index (χ2n) is 5.91. The Bertz CT molecular complexity index is 734. The lowest BCUT2D eigenvalue weighted by Gasteiger charge is -2.32. The highest BCUT2D eigenvalue weighted by Crippen LogP contribution is 2.32. The van der Waals surface area contributed by atoms with Crippen LogP contribution in [0.2, 0.25) is 10.0 Å². The molecule has 0 saturated carbocycles. The third-order valence-corrected chi connectivity index (χ3v) is 5.70. The van der Waals surface area contributed by atoms with Gasteiger partial charge in [-0.05, 0) is 38.1 Å². The van der Waals surface area contributed by atoms with Crippen molar-refractivity contribution >= 4 is 40.4 Å². The summed E-state index contributed by atoms with van der Waals surface area (Å²) in [4.78, 5) is 19.0. The summed E-state index contributed by atoms with van der Waals surface area (Å²) < 4.78 is 0. The molecule has 1 amide bonds. The Morgan fingerprint density at radius 3 is 3.04 bits per heavy atom. The fourth-order valence-corrected chi connectivity index (χ4v) is 4.29. The molecule has 0 spiro atoms. The summed E-state index contributed by atoms with van der Waals surface area (Å²) in [5, 5.41) is 7.16. The van der Waals surface area contributed by atoms with E-state index in [2.05, 4.69) is 10.3 Å². The van der Waals surface area contributed by atoms with Crippen molar-refractivity contribution < 1.29 is 4.79 Å². The van der Waals surface area contributed by atoms with Crippen molar-refractivity contribution in [3.05, 3.63) is 39.3 Å². The number of piperidine rings is 1. The fourth-order valence-electron chi connectivity index (χ4n) is 2.88. The van der Waals surface area contributed by atoms with Crippen LogP contribution in [0.25, 0.3) is 10.6 Å². The standard InChI is InChI=1S/C17H19Cl2N3OS/c1-20-12-3-2-6-22(9-12)16(23)8-13-10-24-17(21-13)14-5-4-11(18)7-15(14)19/h4-5,7,10,12,20H,2-3,6,8-9H2,1H3. The molecule has 1 saturated heterocycles. The van der Waals surface area contributed by atoms with E-state index in [-0.39, 0.29) is 5.91 Å². The van der Waals surface area contributed by atoms with Gasteiger partial charge in [-0.2, -0.15) is 0 Å². The zero-order valence-corrected chi connectivity index (χ0v) is 15.7. The number of nitrogens with zero attached hydrogens (tertiary/aromatic N) is 2. The van der Waals surface area contributed by atoms with Crippen LogP contribution in [0.3, 0.4) is 0 Å². The van der Waals surface area contributed by atoms with Crippen LogP contribution in [0.5, 0.6) is 0 Å². The molecule has 24 heavy (non-hydrogen) atoms. The van der Waals surface area contributed by atoms with E-state index in [0.717, 1.165) is 42.2 Å². The Kier molecular flexibility index (Phi) is 5.76. The molecule has 2 aromatic rings. The maximum atomic E-state index is 12.5. The number of carbonyl (C=O) groups excluding carboxylic acids is 1. The molecule has 7 heteroatoms. The number of likely N-dealkylation sites (N-methyl/N-ethyl adjacent to an activating group) is 1. The number of rotatable bonds is 4. The summed E-state index contributed by atoms with van der Waals surface area (Å²) in [6.07, 6.45) is 2.49. The second-order valence-corrected chi connectivity index (χ2v) is 7.61. The van der Waals surface area contributed by atoms with Crippen molar-refractivity contribution in [2.75, 3.05) is 20.1 Å². The number of thiazole rings is 1. The smallest absolute Gasteiger partial charge is 0.228 e. The molecule has 1 fully saturated rings. The summed E-state index contributed by atoms with van der Waals surface area (Å²) in [5.74, 6) is 0.133. The number of hydrogen-bond acceptors (Lipinski definition) is 4. The zero-order valence-electron chi connectivity index (χ0n) is 13.4. The first-order chi connectivity index (χ1) is 11.6. The third kappa shape index (κ3) is 4.09. The SMILES string of the molecule is CNC1CCCN(C(=O)Cc2csc(-c3ccc(Cl)cc3Cl)n2)C1. The number of nitrogens with one attached hydrogen (secondary N) is 1. The Morgan fingerprint density at radius 2 is 2.29 bits per heavy atom. The van der Waals surface area contributed by atoms with Gasteiger partial charge in [0.05, 0.1) is 17.1 Å². The van der Waals surface area contributed by atoms with Crippen LogP contribution in [0.1, 0.15) is 18.5 Å². The number of hydrogen-bond donors (Lipinski definition) is 1. The van der Waals surface area contributed by atoms with Gasteiger partial charge in [-0.25, -0.2) is 4.98 Å². The van der Waals surface area contributed by atoms with Gasteiger partial charge in [0.15, 0.2) is 0 Å². The zero-order chi connectivity index (χ0) is 17.1. The maximum Gasteiger partial charge on any atom is 0.228 e. The Morgan fingerprint density at radius 1 is 1.46 bits per heavy atom. The topological polar surface area (TPSA) is 45.2 Å². The van der Waals surface area contributed by atoms with Crippen LogP contribution in [-0.4, -0.2) is 42.0 Å². The number of halogens is 2. The molecule has 0 bridgehead atoms. The molecule has 1 aliphatic heterocycles.